The number of benzene rings is 1. The largest absolute Gasteiger partial charge is 0.493 e. The number of carbonyl (C=O) groups excluding carboxylic acids is 1. The number of anilines is 1. The molecule has 1 aromatic carbocycles. The van der Waals surface area contributed by atoms with Crippen LogP contribution in [0.5, 0.6) is 11.5 Å². The van der Waals surface area contributed by atoms with Gasteiger partial charge in [0.05, 0.1) is 32.3 Å². The fourth-order valence-electron chi connectivity index (χ4n) is 4.13. The summed E-state index contributed by atoms with van der Waals surface area (Å²) >= 11 is 0. The molecule has 0 saturated carbocycles. The lowest BCUT2D eigenvalue weighted by Crippen LogP contribution is -2.35. The molecule has 0 N–H and O–H groups in total. The highest BCUT2D eigenvalue weighted by atomic mass is 16.5. The summed E-state index contributed by atoms with van der Waals surface area (Å²) in [5, 5.41) is 0.587. The fraction of sp³-hybridized carbons (Fsp3) is 0.409. The Balaban J connectivity index is 1.83. The summed E-state index contributed by atoms with van der Waals surface area (Å²) in [6.45, 7) is 6.63. The lowest BCUT2D eigenvalue weighted by Gasteiger charge is -2.36. The molecule has 0 saturated heterocycles. The predicted molar refractivity (Wildman–Crippen MR) is 112 cm³/mol. The molecular weight excluding hydrogens is 386 g/mol. The van der Waals surface area contributed by atoms with Crippen molar-refractivity contribution in [1.29, 1.82) is 0 Å². The van der Waals surface area contributed by atoms with Crippen molar-refractivity contribution < 1.29 is 23.4 Å². The van der Waals surface area contributed by atoms with Gasteiger partial charge in [-0.3, -0.25) is 0 Å². The normalized spacial score (nSPS) is 15.8. The first-order chi connectivity index (χ1) is 14.5. The van der Waals surface area contributed by atoms with Gasteiger partial charge in [-0.05, 0) is 50.5 Å². The second-order valence-corrected chi connectivity index (χ2v) is 7.16. The van der Waals surface area contributed by atoms with Gasteiger partial charge in [0, 0.05) is 6.54 Å². The molecule has 0 spiro atoms. The van der Waals surface area contributed by atoms with Crippen molar-refractivity contribution in [3.8, 4) is 11.5 Å². The van der Waals surface area contributed by atoms with E-state index in [2.05, 4.69) is 21.8 Å². The minimum Gasteiger partial charge on any atom is -0.493 e. The van der Waals surface area contributed by atoms with Crippen LogP contribution in [0.25, 0.3) is 11.1 Å². The van der Waals surface area contributed by atoms with E-state index in [9.17, 15) is 4.79 Å². The smallest absolute Gasteiger partial charge is 0.342 e. The molecule has 4 rings (SSSR count). The molecule has 2 aromatic heterocycles. The molecule has 3 heterocycles. The van der Waals surface area contributed by atoms with Crippen LogP contribution in [-0.4, -0.2) is 43.3 Å². The summed E-state index contributed by atoms with van der Waals surface area (Å²) in [6.07, 6.45) is 2.27. The van der Waals surface area contributed by atoms with E-state index < -0.39 is 5.97 Å². The number of methoxy groups -OCH3 is 2. The number of carbonyl (C=O) groups is 1. The molecule has 0 unspecified atom stereocenters. The van der Waals surface area contributed by atoms with Gasteiger partial charge in [0.25, 0.3) is 0 Å². The average molecular weight is 411 g/mol. The molecule has 1 aliphatic heterocycles. The van der Waals surface area contributed by atoms with Gasteiger partial charge in [0.2, 0.25) is 5.71 Å². The number of rotatable bonds is 5. The zero-order valence-corrected chi connectivity index (χ0v) is 17.8. The number of nitrogens with zero attached hydrogens (tertiary/aromatic N) is 3. The maximum atomic E-state index is 12.6. The van der Waals surface area contributed by atoms with Crippen molar-refractivity contribution in [2.75, 3.05) is 32.3 Å². The van der Waals surface area contributed by atoms with Crippen molar-refractivity contribution in [3.63, 3.8) is 0 Å². The Kier molecular flexibility index (Phi) is 5.24. The fourth-order valence-corrected chi connectivity index (χ4v) is 4.13. The topological polar surface area (TPSA) is 86.9 Å². The number of aromatic nitrogens is 2. The number of fused-ring (bicyclic) bond motifs is 2. The first kappa shape index (κ1) is 20.0. The Morgan fingerprint density at radius 3 is 2.67 bits per heavy atom. The van der Waals surface area contributed by atoms with Crippen LogP contribution in [0.15, 0.2) is 22.9 Å². The molecule has 8 nitrogen and oxygen atoms in total. The minimum absolute atomic E-state index is 0.00286. The summed E-state index contributed by atoms with van der Waals surface area (Å²) in [4.78, 5) is 23.6. The SMILES string of the molecule is CCOC(=O)c1c(C)oc2ncnc(N3CCc4cc(OC)c(OC)cc4[C@H]3C)c12. The molecule has 0 aliphatic carbocycles. The van der Waals surface area contributed by atoms with Gasteiger partial charge in [-0.25, -0.2) is 14.8 Å². The molecule has 0 bridgehead atoms. The van der Waals surface area contributed by atoms with E-state index in [4.69, 9.17) is 18.6 Å². The number of aryl methyl sites for hydroxylation is 1. The van der Waals surface area contributed by atoms with E-state index in [-0.39, 0.29) is 12.6 Å². The Hall–Kier alpha value is -3.29. The van der Waals surface area contributed by atoms with E-state index in [1.807, 2.05) is 12.1 Å². The number of hydrogen-bond acceptors (Lipinski definition) is 8. The van der Waals surface area contributed by atoms with Crippen LogP contribution < -0.4 is 14.4 Å². The van der Waals surface area contributed by atoms with Crippen LogP contribution in [0.3, 0.4) is 0 Å². The first-order valence-corrected chi connectivity index (χ1v) is 9.92. The lowest BCUT2D eigenvalue weighted by atomic mass is 9.92. The molecule has 1 atom stereocenters. The molecule has 0 amide bonds. The highest BCUT2D eigenvalue weighted by molar-refractivity contribution is 6.08. The summed E-state index contributed by atoms with van der Waals surface area (Å²) in [6, 6.07) is 4.04. The van der Waals surface area contributed by atoms with E-state index >= 15 is 0 Å². The number of ether oxygens (including phenoxy) is 3. The highest BCUT2D eigenvalue weighted by Crippen LogP contribution is 2.41. The number of esters is 1. The molecule has 0 fully saturated rings. The Labute approximate surface area is 174 Å². The molecule has 1 aliphatic rings. The van der Waals surface area contributed by atoms with Crippen LogP contribution in [0.1, 0.15) is 47.1 Å². The van der Waals surface area contributed by atoms with Crippen LogP contribution in [-0.2, 0) is 11.2 Å². The maximum absolute atomic E-state index is 12.6. The summed E-state index contributed by atoms with van der Waals surface area (Å²) in [7, 11) is 3.27. The highest BCUT2D eigenvalue weighted by Gasteiger charge is 2.31. The third kappa shape index (κ3) is 3.12. The second-order valence-electron chi connectivity index (χ2n) is 7.16. The Morgan fingerprint density at radius 2 is 1.97 bits per heavy atom. The lowest BCUT2D eigenvalue weighted by molar-refractivity contribution is 0.0526. The second kappa shape index (κ2) is 7.85. The van der Waals surface area contributed by atoms with E-state index in [0.29, 0.717) is 34.0 Å². The van der Waals surface area contributed by atoms with Gasteiger partial charge in [-0.1, -0.05) is 0 Å². The zero-order valence-electron chi connectivity index (χ0n) is 17.8. The van der Waals surface area contributed by atoms with Gasteiger partial charge < -0.3 is 23.5 Å². The summed E-state index contributed by atoms with van der Waals surface area (Å²) in [5.74, 6) is 2.11. The van der Waals surface area contributed by atoms with Crippen LogP contribution >= 0.6 is 0 Å². The molecule has 8 heteroatoms. The molecule has 3 aromatic rings. The standard InChI is InChI=1S/C22H25N3O5/c1-6-29-22(26)18-13(3)30-21-19(18)20(23-11-24-21)25-8-7-14-9-16(27-4)17(28-5)10-15(14)12(25)2/h9-12H,6-8H2,1-5H3/t12-/m1/s1. The number of furan rings is 1. The monoisotopic (exact) mass is 411 g/mol. The van der Waals surface area contributed by atoms with E-state index in [1.54, 1.807) is 28.1 Å². The summed E-state index contributed by atoms with van der Waals surface area (Å²) in [5.41, 5.74) is 3.10. The summed E-state index contributed by atoms with van der Waals surface area (Å²) < 4.78 is 22.0. The minimum atomic E-state index is -0.429. The van der Waals surface area contributed by atoms with Crippen molar-refractivity contribution in [1.82, 2.24) is 9.97 Å². The quantitative estimate of drug-likeness (QED) is 0.585. The van der Waals surface area contributed by atoms with Crippen LogP contribution in [0, 0.1) is 6.92 Å². The van der Waals surface area contributed by atoms with Gasteiger partial charge in [-0.15, -0.1) is 0 Å². The van der Waals surface area contributed by atoms with Crippen molar-refractivity contribution >= 4 is 22.9 Å². The number of hydrogen-bond donors (Lipinski definition) is 0. The van der Waals surface area contributed by atoms with Crippen molar-refractivity contribution in [2.45, 2.75) is 33.2 Å². The van der Waals surface area contributed by atoms with Gasteiger partial charge in [-0.2, -0.15) is 0 Å². The van der Waals surface area contributed by atoms with E-state index in [0.717, 1.165) is 24.3 Å². The predicted octanol–water partition coefficient (Wildman–Crippen LogP) is 3.85. The molecule has 158 valence electrons. The van der Waals surface area contributed by atoms with Crippen LogP contribution in [0.2, 0.25) is 0 Å². The third-order valence-corrected chi connectivity index (χ3v) is 5.58. The van der Waals surface area contributed by atoms with Crippen molar-refractivity contribution in [2.24, 2.45) is 0 Å². The van der Waals surface area contributed by atoms with Crippen molar-refractivity contribution in [3.05, 3.63) is 40.9 Å². The molecule has 0 radical (unpaired) electrons. The van der Waals surface area contributed by atoms with Gasteiger partial charge in [0.15, 0.2) is 11.5 Å². The Bertz CT molecular complexity index is 1110. The van der Waals surface area contributed by atoms with Gasteiger partial charge >= 0.3 is 5.97 Å². The average Bonchev–Trinajstić information content (AvgIpc) is 3.09. The zero-order chi connectivity index (χ0) is 21.4. The van der Waals surface area contributed by atoms with E-state index in [1.165, 1.54) is 11.9 Å². The molecular formula is C22H25N3O5. The molecule has 30 heavy (non-hydrogen) atoms. The van der Waals surface area contributed by atoms with Gasteiger partial charge in [0.1, 0.15) is 23.5 Å². The third-order valence-electron chi connectivity index (χ3n) is 5.58. The first-order valence-electron chi connectivity index (χ1n) is 9.92. The Morgan fingerprint density at radius 1 is 1.23 bits per heavy atom. The van der Waals surface area contributed by atoms with Crippen LogP contribution in [0.4, 0.5) is 5.82 Å². The maximum Gasteiger partial charge on any atom is 0.342 e.